The lowest BCUT2D eigenvalue weighted by molar-refractivity contribution is 0.767. The highest BCUT2D eigenvalue weighted by atomic mass is 15.0. The van der Waals surface area contributed by atoms with E-state index in [9.17, 15) is 0 Å². The van der Waals surface area contributed by atoms with Gasteiger partial charge in [0.1, 0.15) is 0 Å². The first-order chi connectivity index (χ1) is 5.95. The van der Waals surface area contributed by atoms with Crippen LogP contribution in [0.3, 0.4) is 0 Å². The molecular weight excluding hydrogens is 152 g/mol. The van der Waals surface area contributed by atoms with Crippen LogP contribution in [0.1, 0.15) is 5.69 Å². The quantitative estimate of drug-likeness (QED) is 0.650. The Labute approximate surface area is 69.9 Å². The van der Waals surface area contributed by atoms with E-state index in [2.05, 4.69) is 15.0 Å². The standard InChI is InChI=1S/C8H8N4/c1-2-11-8(5-9-1)6-12-4-3-10-7-12/h1-5,7H,6H2. The summed E-state index contributed by atoms with van der Waals surface area (Å²) in [7, 11) is 0. The monoisotopic (exact) mass is 160 g/mol. The van der Waals surface area contributed by atoms with Gasteiger partial charge in [0.2, 0.25) is 0 Å². The van der Waals surface area contributed by atoms with Crippen LogP contribution in [0.2, 0.25) is 0 Å². The summed E-state index contributed by atoms with van der Waals surface area (Å²) in [5.74, 6) is 0. The fraction of sp³-hybridized carbons (Fsp3) is 0.125. The zero-order valence-corrected chi connectivity index (χ0v) is 6.46. The molecule has 2 rings (SSSR count). The molecule has 4 nitrogen and oxygen atoms in total. The van der Waals surface area contributed by atoms with Crippen LogP contribution in [0, 0.1) is 0 Å². The van der Waals surface area contributed by atoms with Crippen molar-refractivity contribution in [3.8, 4) is 0 Å². The zero-order chi connectivity index (χ0) is 8.23. The molecule has 0 aliphatic rings. The van der Waals surface area contributed by atoms with Gasteiger partial charge < -0.3 is 4.57 Å². The predicted molar refractivity (Wildman–Crippen MR) is 43.4 cm³/mol. The Balaban J connectivity index is 2.15. The van der Waals surface area contributed by atoms with Crippen molar-refractivity contribution >= 4 is 0 Å². The van der Waals surface area contributed by atoms with Gasteiger partial charge in [-0.2, -0.15) is 0 Å². The Morgan fingerprint density at radius 2 is 2.17 bits per heavy atom. The number of hydrogen-bond donors (Lipinski definition) is 0. The molecular formula is C8H8N4. The molecule has 0 spiro atoms. The van der Waals surface area contributed by atoms with E-state index in [0.29, 0.717) is 0 Å². The van der Waals surface area contributed by atoms with Crippen LogP contribution >= 0.6 is 0 Å². The van der Waals surface area contributed by atoms with Gasteiger partial charge in [-0.3, -0.25) is 9.97 Å². The smallest absolute Gasteiger partial charge is 0.0949 e. The number of rotatable bonds is 2. The van der Waals surface area contributed by atoms with Crippen LogP contribution < -0.4 is 0 Å². The molecule has 0 aliphatic carbocycles. The molecule has 0 bridgehead atoms. The molecule has 0 aliphatic heterocycles. The minimum atomic E-state index is 0.730. The summed E-state index contributed by atoms with van der Waals surface area (Å²) in [6.07, 6.45) is 10.5. The van der Waals surface area contributed by atoms with E-state index in [4.69, 9.17) is 0 Å². The molecule has 2 aromatic rings. The van der Waals surface area contributed by atoms with Crippen LogP contribution in [0.4, 0.5) is 0 Å². The second-order valence-corrected chi connectivity index (χ2v) is 2.43. The van der Waals surface area contributed by atoms with Gasteiger partial charge in [-0.05, 0) is 0 Å². The molecule has 0 atom stereocenters. The minimum Gasteiger partial charge on any atom is -0.331 e. The molecule has 0 unspecified atom stereocenters. The molecule has 12 heavy (non-hydrogen) atoms. The molecule has 2 aromatic heterocycles. The van der Waals surface area contributed by atoms with Crippen LogP contribution in [0.5, 0.6) is 0 Å². The first-order valence-corrected chi connectivity index (χ1v) is 3.66. The molecule has 0 saturated carbocycles. The van der Waals surface area contributed by atoms with Crippen molar-refractivity contribution in [3.05, 3.63) is 43.0 Å². The minimum absolute atomic E-state index is 0.730. The SMILES string of the molecule is c1cnc(Cn2ccnc2)cn1. The summed E-state index contributed by atoms with van der Waals surface area (Å²) in [4.78, 5) is 12.0. The molecule has 0 fully saturated rings. The Kier molecular flexibility index (Phi) is 1.82. The van der Waals surface area contributed by atoms with Gasteiger partial charge in [0.15, 0.2) is 0 Å². The highest BCUT2D eigenvalue weighted by molar-refractivity contribution is 4.96. The van der Waals surface area contributed by atoms with Gasteiger partial charge in [0, 0.05) is 24.8 Å². The fourth-order valence-corrected chi connectivity index (χ4v) is 0.979. The van der Waals surface area contributed by atoms with E-state index in [-0.39, 0.29) is 0 Å². The van der Waals surface area contributed by atoms with E-state index >= 15 is 0 Å². The number of nitrogens with zero attached hydrogens (tertiary/aromatic N) is 4. The molecule has 2 heterocycles. The molecule has 4 heteroatoms. The third-order valence-corrected chi connectivity index (χ3v) is 1.52. The normalized spacial score (nSPS) is 10.0. The molecule has 0 aromatic carbocycles. The van der Waals surface area contributed by atoms with Crippen molar-refractivity contribution in [2.45, 2.75) is 6.54 Å². The third-order valence-electron chi connectivity index (χ3n) is 1.52. The number of aromatic nitrogens is 4. The fourth-order valence-electron chi connectivity index (χ4n) is 0.979. The van der Waals surface area contributed by atoms with Crippen molar-refractivity contribution in [1.82, 2.24) is 19.5 Å². The van der Waals surface area contributed by atoms with Gasteiger partial charge in [0.25, 0.3) is 0 Å². The van der Waals surface area contributed by atoms with E-state index in [0.717, 1.165) is 12.2 Å². The molecule has 0 radical (unpaired) electrons. The Morgan fingerprint density at radius 1 is 1.17 bits per heavy atom. The van der Waals surface area contributed by atoms with Crippen LogP contribution in [0.25, 0.3) is 0 Å². The van der Waals surface area contributed by atoms with Crippen molar-refractivity contribution in [2.24, 2.45) is 0 Å². The lowest BCUT2D eigenvalue weighted by atomic mass is 10.4. The molecule has 0 saturated heterocycles. The summed E-state index contributed by atoms with van der Waals surface area (Å²) < 4.78 is 1.95. The van der Waals surface area contributed by atoms with Gasteiger partial charge in [0.05, 0.1) is 24.8 Å². The van der Waals surface area contributed by atoms with Gasteiger partial charge in [-0.25, -0.2) is 4.98 Å². The maximum atomic E-state index is 4.14. The second kappa shape index (κ2) is 3.13. The highest BCUT2D eigenvalue weighted by Crippen LogP contribution is 1.94. The van der Waals surface area contributed by atoms with E-state index in [1.807, 2.05) is 10.8 Å². The molecule has 60 valence electrons. The van der Waals surface area contributed by atoms with E-state index in [1.54, 1.807) is 31.1 Å². The van der Waals surface area contributed by atoms with Crippen molar-refractivity contribution in [1.29, 1.82) is 0 Å². The van der Waals surface area contributed by atoms with Gasteiger partial charge >= 0.3 is 0 Å². The lowest BCUT2D eigenvalue weighted by Gasteiger charge is -1.98. The van der Waals surface area contributed by atoms with Crippen LogP contribution in [-0.4, -0.2) is 19.5 Å². The first-order valence-electron chi connectivity index (χ1n) is 3.66. The van der Waals surface area contributed by atoms with Crippen molar-refractivity contribution in [2.75, 3.05) is 0 Å². The summed E-state index contributed by atoms with van der Waals surface area (Å²) in [6, 6.07) is 0. The number of hydrogen-bond acceptors (Lipinski definition) is 3. The summed E-state index contributed by atoms with van der Waals surface area (Å²) >= 11 is 0. The summed E-state index contributed by atoms with van der Waals surface area (Å²) in [5.41, 5.74) is 0.940. The molecule has 0 N–H and O–H groups in total. The van der Waals surface area contributed by atoms with Gasteiger partial charge in [-0.15, -0.1) is 0 Å². The Hall–Kier alpha value is -1.71. The predicted octanol–water partition coefficient (Wildman–Crippen LogP) is 0.721. The summed E-state index contributed by atoms with van der Waals surface area (Å²) in [6.45, 7) is 0.730. The highest BCUT2D eigenvalue weighted by Gasteiger charge is 1.93. The third kappa shape index (κ3) is 1.47. The van der Waals surface area contributed by atoms with Crippen molar-refractivity contribution in [3.63, 3.8) is 0 Å². The number of imidazole rings is 1. The van der Waals surface area contributed by atoms with Gasteiger partial charge in [-0.1, -0.05) is 0 Å². The van der Waals surface area contributed by atoms with E-state index in [1.165, 1.54) is 0 Å². The lowest BCUT2D eigenvalue weighted by Crippen LogP contribution is -1.98. The first kappa shape index (κ1) is 6.97. The molecule has 0 amide bonds. The zero-order valence-electron chi connectivity index (χ0n) is 6.46. The topological polar surface area (TPSA) is 43.6 Å². The average molecular weight is 160 g/mol. The van der Waals surface area contributed by atoms with E-state index < -0.39 is 0 Å². The van der Waals surface area contributed by atoms with Crippen molar-refractivity contribution < 1.29 is 0 Å². The Morgan fingerprint density at radius 3 is 2.83 bits per heavy atom. The maximum Gasteiger partial charge on any atom is 0.0949 e. The van der Waals surface area contributed by atoms with Crippen LogP contribution in [0.15, 0.2) is 37.3 Å². The average Bonchev–Trinajstić information content (AvgIpc) is 2.59. The maximum absolute atomic E-state index is 4.14. The van der Waals surface area contributed by atoms with Crippen LogP contribution in [-0.2, 0) is 6.54 Å². The Bertz CT molecular complexity index is 327. The summed E-state index contributed by atoms with van der Waals surface area (Å²) in [5, 5.41) is 0. The largest absolute Gasteiger partial charge is 0.331 e. The second-order valence-electron chi connectivity index (χ2n) is 2.43.